The second-order valence-corrected chi connectivity index (χ2v) is 11.6. The van der Waals surface area contributed by atoms with Gasteiger partial charge in [0, 0.05) is 0 Å². The van der Waals surface area contributed by atoms with Gasteiger partial charge in [0.15, 0.2) is 0 Å². The van der Waals surface area contributed by atoms with Gasteiger partial charge in [-0.25, -0.2) is 0 Å². The summed E-state index contributed by atoms with van der Waals surface area (Å²) in [5, 5.41) is 3.95. The molecule has 38 heavy (non-hydrogen) atoms. The molecule has 0 saturated carbocycles. The van der Waals surface area contributed by atoms with Crippen LogP contribution in [0.3, 0.4) is 0 Å². The molecule has 1 heterocycles. The third-order valence-corrected chi connectivity index (χ3v) is 9.07. The van der Waals surface area contributed by atoms with Crippen LogP contribution in [0.15, 0.2) is 109 Å². The molecular formula is C32H26N2O3Se. The Morgan fingerprint density at radius 2 is 1.45 bits per heavy atom. The minimum absolute atomic E-state index is 0.00230. The summed E-state index contributed by atoms with van der Waals surface area (Å²) >= 11 is -0.436. The molecule has 1 atom stereocenters. The van der Waals surface area contributed by atoms with Crippen LogP contribution in [0.2, 0.25) is 0 Å². The first kappa shape index (κ1) is 24.2. The first-order chi connectivity index (χ1) is 18.7. The molecule has 6 heteroatoms. The molecule has 0 radical (unpaired) electrons. The van der Waals surface area contributed by atoms with Gasteiger partial charge in [-0.2, -0.15) is 0 Å². The van der Waals surface area contributed by atoms with E-state index in [4.69, 9.17) is 4.74 Å². The van der Waals surface area contributed by atoms with Gasteiger partial charge >= 0.3 is 228 Å². The zero-order valence-corrected chi connectivity index (χ0v) is 22.3. The normalized spacial score (nSPS) is 13.1. The van der Waals surface area contributed by atoms with Crippen LogP contribution in [0, 0.1) is 0 Å². The molecule has 1 aromatic heterocycles. The molecule has 0 fully saturated rings. The van der Waals surface area contributed by atoms with Crippen LogP contribution in [0.25, 0.3) is 22.0 Å². The van der Waals surface area contributed by atoms with E-state index < -0.39 is 27.1 Å². The number of alkyl carbamates (subject to hydrolysis) is 1. The van der Waals surface area contributed by atoms with E-state index in [1.54, 1.807) is 0 Å². The number of fused-ring (bicyclic) bond motifs is 4. The molecule has 0 spiro atoms. The zero-order chi connectivity index (χ0) is 25.9. The predicted octanol–water partition coefficient (Wildman–Crippen LogP) is 5.17. The van der Waals surface area contributed by atoms with E-state index in [1.807, 2.05) is 85.1 Å². The van der Waals surface area contributed by atoms with E-state index >= 15 is 0 Å². The number of hydrogen-bond donors (Lipinski definition) is 2. The third kappa shape index (κ3) is 4.89. The molecule has 4 aromatic carbocycles. The van der Waals surface area contributed by atoms with Gasteiger partial charge in [-0.05, 0) is 0 Å². The summed E-state index contributed by atoms with van der Waals surface area (Å²) in [4.78, 5) is 29.8. The van der Waals surface area contributed by atoms with Crippen molar-refractivity contribution in [1.29, 1.82) is 0 Å². The van der Waals surface area contributed by atoms with Gasteiger partial charge in [-0.3, -0.25) is 0 Å². The number of aromatic amines is 1. The first-order valence-corrected chi connectivity index (χ1v) is 14.3. The fraction of sp³-hybridized carbons (Fsp3) is 0.125. The van der Waals surface area contributed by atoms with Crippen molar-refractivity contribution < 1.29 is 14.3 Å². The SMILES string of the molecule is O=C(N[C@@H](Cc1c[nH]c2ccccc12)C(=O)[Se]c1ccccc1)OCC1c2ccccc2-c2ccccc21. The Bertz CT molecular complexity index is 1570. The minimum atomic E-state index is -0.690. The Balaban J connectivity index is 1.20. The maximum atomic E-state index is 13.4. The van der Waals surface area contributed by atoms with E-state index in [9.17, 15) is 9.59 Å². The standard InChI is InChI=1S/C32H26N2O3Se/c35-31(38-22-10-2-1-3-11-22)30(18-21-19-33-29-17-9-8-12-23(21)29)34-32(36)37-20-28-26-15-6-4-13-24(26)25-14-5-7-16-27(25)28/h1-17,19,28,30,33H,18,20H2,(H,34,36)/t30-/m0/s1. The third-order valence-electron chi connectivity index (χ3n) is 6.98. The van der Waals surface area contributed by atoms with E-state index in [0.29, 0.717) is 6.42 Å². The van der Waals surface area contributed by atoms with Crippen LogP contribution in [0.5, 0.6) is 0 Å². The summed E-state index contributed by atoms with van der Waals surface area (Å²) in [7, 11) is 0. The summed E-state index contributed by atoms with van der Waals surface area (Å²) in [5.74, 6) is -0.0375. The van der Waals surface area contributed by atoms with Gasteiger partial charge in [0.2, 0.25) is 0 Å². The number of para-hydroxylation sites is 1. The van der Waals surface area contributed by atoms with Crippen LogP contribution < -0.4 is 9.78 Å². The van der Waals surface area contributed by atoms with Gasteiger partial charge in [0.05, 0.1) is 0 Å². The number of rotatable bonds is 8. The topological polar surface area (TPSA) is 71.2 Å². The van der Waals surface area contributed by atoms with Crippen LogP contribution in [-0.2, 0) is 16.0 Å². The summed E-state index contributed by atoms with van der Waals surface area (Å²) in [5.41, 5.74) is 6.65. The molecule has 1 aliphatic rings. The molecule has 0 bridgehead atoms. The number of hydrogen-bond acceptors (Lipinski definition) is 3. The Hall–Kier alpha value is -4.12. The molecule has 0 unspecified atom stereocenters. The van der Waals surface area contributed by atoms with Crippen LogP contribution >= 0.6 is 0 Å². The van der Waals surface area contributed by atoms with Gasteiger partial charge < -0.3 is 0 Å². The number of carbonyl (C=O) groups excluding carboxylic acids is 2. The average Bonchev–Trinajstić information content (AvgIpc) is 3.51. The first-order valence-electron chi connectivity index (χ1n) is 12.6. The number of benzene rings is 4. The van der Waals surface area contributed by atoms with Crippen molar-refractivity contribution in [2.75, 3.05) is 6.61 Å². The Kier molecular flexibility index (Phi) is 6.82. The summed E-state index contributed by atoms with van der Waals surface area (Å²) < 4.78 is 6.75. The van der Waals surface area contributed by atoms with Crippen molar-refractivity contribution in [2.45, 2.75) is 18.4 Å². The predicted molar refractivity (Wildman–Crippen MR) is 151 cm³/mol. The Labute approximate surface area is 227 Å². The van der Waals surface area contributed by atoms with Crippen molar-refractivity contribution in [3.8, 4) is 11.1 Å². The summed E-state index contributed by atoms with van der Waals surface area (Å²) in [6, 6.07) is 33.5. The molecule has 0 aliphatic heterocycles. The fourth-order valence-electron chi connectivity index (χ4n) is 5.17. The molecule has 2 N–H and O–H groups in total. The quantitative estimate of drug-likeness (QED) is 0.255. The maximum absolute atomic E-state index is 13.4. The molecule has 1 aliphatic carbocycles. The molecule has 5 aromatic rings. The second kappa shape index (κ2) is 10.7. The number of ether oxygens (including phenoxy) is 1. The van der Waals surface area contributed by atoms with Gasteiger partial charge in [-0.1, -0.05) is 0 Å². The van der Waals surface area contributed by atoms with Gasteiger partial charge in [-0.15, -0.1) is 0 Å². The van der Waals surface area contributed by atoms with Crippen molar-refractivity contribution in [3.05, 3.63) is 126 Å². The number of aromatic nitrogens is 1. The van der Waals surface area contributed by atoms with E-state index in [0.717, 1.165) is 32.1 Å². The molecular weight excluding hydrogens is 539 g/mol. The second-order valence-electron chi connectivity index (χ2n) is 9.32. The summed E-state index contributed by atoms with van der Waals surface area (Å²) in [6.45, 7) is 0.206. The number of nitrogens with one attached hydrogen (secondary N) is 2. The zero-order valence-electron chi connectivity index (χ0n) is 20.6. The van der Waals surface area contributed by atoms with Crippen LogP contribution in [0.4, 0.5) is 4.79 Å². The average molecular weight is 566 g/mol. The van der Waals surface area contributed by atoms with Crippen molar-refractivity contribution in [1.82, 2.24) is 10.3 Å². The fourth-order valence-corrected chi connectivity index (χ4v) is 6.87. The van der Waals surface area contributed by atoms with E-state index in [-0.39, 0.29) is 17.2 Å². The summed E-state index contributed by atoms with van der Waals surface area (Å²) in [6.07, 6.45) is 1.73. The van der Waals surface area contributed by atoms with Crippen LogP contribution in [0.1, 0.15) is 22.6 Å². The Morgan fingerprint density at radius 1 is 0.816 bits per heavy atom. The van der Waals surface area contributed by atoms with Crippen molar-refractivity contribution >= 4 is 41.1 Å². The Morgan fingerprint density at radius 3 is 2.18 bits per heavy atom. The molecule has 188 valence electrons. The van der Waals surface area contributed by atoms with E-state index in [1.165, 1.54) is 11.1 Å². The van der Waals surface area contributed by atoms with E-state index in [2.05, 4.69) is 34.6 Å². The molecule has 0 saturated heterocycles. The van der Waals surface area contributed by atoms with Crippen molar-refractivity contribution in [3.63, 3.8) is 0 Å². The number of amides is 1. The van der Waals surface area contributed by atoms with Gasteiger partial charge in [0.25, 0.3) is 0 Å². The number of H-pyrrole nitrogens is 1. The number of carbonyl (C=O) groups is 2. The molecule has 1 amide bonds. The molecule has 6 rings (SSSR count). The van der Waals surface area contributed by atoms with Gasteiger partial charge in [0.1, 0.15) is 0 Å². The van der Waals surface area contributed by atoms with Crippen molar-refractivity contribution in [2.24, 2.45) is 0 Å². The van der Waals surface area contributed by atoms with Crippen LogP contribution in [-0.4, -0.2) is 43.4 Å². The molecule has 5 nitrogen and oxygen atoms in total. The monoisotopic (exact) mass is 566 g/mol.